The summed E-state index contributed by atoms with van der Waals surface area (Å²) >= 11 is 0. The molecule has 2 saturated heterocycles. The van der Waals surface area contributed by atoms with Crippen LogP contribution in [-0.4, -0.2) is 98.3 Å². The summed E-state index contributed by atoms with van der Waals surface area (Å²) in [6.45, 7) is 25.8. The number of nitrogens with zero attached hydrogens (tertiary/aromatic N) is 5. The number of allylic oxidation sites excluding steroid dienone is 2. The molecule has 0 saturated carbocycles. The molecule has 2 amide bonds. The van der Waals surface area contributed by atoms with Crippen molar-refractivity contribution in [1.29, 1.82) is 0 Å². The van der Waals surface area contributed by atoms with Crippen LogP contribution >= 0.6 is 0 Å². The van der Waals surface area contributed by atoms with Crippen LogP contribution in [0.25, 0.3) is 0 Å². The molecule has 2 aliphatic heterocycles. The second kappa shape index (κ2) is 24.0. The SMILES string of the molecule is CC(C)=CCN(c1ccc(C)cc1)C1CCCN(C(=O)[C@@H](N)CC(C)C)C1.CC(C)=CCN(c1ccc(C)cc1)C1CCCN(C(=O)[C@H](CC(C)C)N=CB=O)C1. The standard InChI is InChI=1S/C24H36BN3O2.C23H37N3O/c1-18(2)12-14-28(21-10-8-20(5)9-11-21)22-7-6-13-27(16-22)24(29)23(15-19(3)4)26-17-25-30;1-17(2)12-14-26(20-10-8-19(5)9-11-20)21-7-6-13-25(16-21)23(27)22(24)15-18(3)4/h8-12,17,19,22-23H,6-7,13-16H2,1-5H3;8-12,18,21-22H,6-7,13-16,24H2,1-5H3/t22?,23-;21?,22-/m00/s1. The zero-order valence-corrected chi connectivity index (χ0v) is 36.9. The molecule has 4 rings (SSSR count). The Bertz CT molecular complexity index is 1630. The Morgan fingerprint density at radius 1 is 0.737 bits per heavy atom. The van der Waals surface area contributed by atoms with Gasteiger partial charge >= 0.3 is 175 Å². The second-order valence-corrected chi connectivity index (χ2v) is 17.5. The first-order chi connectivity index (χ1) is 27.1. The van der Waals surface area contributed by atoms with E-state index in [1.807, 2.05) is 9.80 Å². The number of rotatable bonds is 16. The molecule has 0 bridgehead atoms. The number of piperidine rings is 2. The molecular formula is C47H73BN6O3. The van der Waals surface area contributed by atoms with Gasteiger partial charge in [0.15, 0.2) is 0 Å². The van der Waals surface area contributed by atoms with Crippen LogP contribution in [0.1, 0.15) is 105 Å². The quantitative estimate of drug-likeness (QED) is 0.104. The first-order valence-corrected chi connectivity index (χ1v) is 21.3. The van der Waals surface area contributed by atoms with Gasteiger partial charge in [-0.2, -0.15) is 0 Å². The molecule has 2 aromatic rings. The van der Waals surface area contributed by atoms with Crippen molar-refractivity contribution in [1.82, 2.24) is 9.80 Å². The number of carbonyl (C=O) groups is 2. The molecule has 312 valence electrons. The number of hydrogen-bond acceptors (Lipinski definition) is 7. The fourth-order valence-electron chi connectivity index (χ4n) is 7.65. The van der Waals surface area contributed by atoms with E-state index in [1.54, 1.807) is 0 Å². The summed E-state index contributed by atoms with van der Waals surface area (Å²) in [7, 11) is 0.651. The van der Waals surface area contributed by atoms with Crippen LogP contribution in [-0.2, 0) is 14.3 Å². The van der Waals surface area contributed by atoms with Crippen molar-refractivity contribution in [3.63, 3.8) is 0 Å². The van der Waals surface area contributed by atoms with Crippen LogP contribution in [0.5, 0.6) is 0 Å². The first kappa shape index (κ1) is 47.3. The molecule has 2 aliphatic rings. The number of nitrogens with two attached hydrogens (primary N) is 1. The summed E-state index contributed by atoms with van der Waals surface area (Å²) in [5, 5.41) is 0. The van der Waals surface area contributed by atoms with Gasteiger partial charge in [0.1, 0.15) is 0 Å². The Morgan fingerprint density at radius 3 is 1.54 bits per heavy atom. The molecule has 10 heteroatoms. The summed E-state index contributed by atoms with van der Waals surface area (Å²) in [6.07, 6.45) is 11.3. The van der Waals surface area contributed by atoms with Gasteiger partial charge in [-0.1, -0.05) is 43.2 Å². The predicted octanol–water partition coefficient (Wildman–Crippen LogP) is 8.38. The van der Waals surface area contributed by atoms with E-state index in [0.717, 1.165) is 64.8 Å². The fourth-order valence-corrected chi connectivity index (χ4v) is 7.65. The summed E-state index contributed by atoms with van der Waals surface area (Å²) < 4.78 is 10.8. The summed E-state index contributed by atoms with van der Waals surface area (Å²) in [5.74, 6) is 0.924. The second-order valence-electron chi connectivity index (χ2n) is 17.5. The zero-order chi connectivity index (χ0) is 42.1. The Labute approximate surface area is 346 Å². The van der Waals surface area contributed by atoms with Crippen LogP contribution in [0.15, 0.2) is 76.8 Å². The van der Waals surface area contributed by atoms with Gasteiger partial charge in [0.25, 0.3) is 0 Å². The van der Waals surface area contributed by atoms with Crippen LogP contribution < -0.4 is 15.5 Å². The van der Waals surface area contributed by atoms with E-state index < -0.39 is 6.04 Å². The number of aliphatic imine (C=N–C) groups is 1. The first-order valence-electron chi connectivity index (χ1n) is 21.3. The van der Waals surface area contributed by atoms with Gasteiger partial charge in [0, 0.05) is 31.4 Å². The van der Waals surface area contributed by atoms with Crippen LogP contribution in [0, 0.1) is 25.7 Å². The van der Waals surface area contributed by atoms with Gasteiger partial charge in [-0.25, -0.2) is 0 Å². The average Bonchev–Trinajstić information content (AvgIpc) is 3.17. The number of aryl methyl sites for hydroxylation is 2. The molecule has 2 heterocycles. The molecule has 0 aromatic heterocycles. The van der Waals surface area contributed by atoms with Crippen molar-refractivity contribution in [2.75, 3.05) is 49.1 Å². The molecule has 2 N–H and O–H groups in total. The normalized spacial score (nSPS) is 18.0. The summed E-state index contributed by atoms with van der Waals surface area (Å²) in [5.41, 5.74) is 13.7. The van der Waals surface area contributed by atoms with Gasteiger partial charge in [-0.3, -0.25) is 4.79 Å². The minimum absolute atomic E-state index is 0.0394. The Balaban J connectivity index is 0.000000307. The third-order valence-electron chi connectivity index (χ3n) is 10.8. The average molecular weight is 781 g/mol. The predicted molar refractivity (Wildman–Crippen MR) is 241 cm³/mol. The Hall–Kier alpha value is -4.05. The van der Waals surface area contributed by atoms with Gasteiger partial charge in [0.2, 0.25) is 5.91 Å². The van der Waals surface area contributed by atoms with Crippen molar-refractivity contribution in [3.05, 3.63) is 83.0 Å². The van der Waals surface area contributed by atoms with E-state index in [-0.39, 0.29) is 23.9 Å². The molecule has 0 aliphatic carbocycles. The number of likely N-dealkylation sites (tertiary alicyclic amines) is 2. The van der Waals surface area contributed by atoms with E-state index in [1.165, 1.54) is 39.8 Å². The Morgan fingerprint density at radius 2 is 1.16 bits per heavy atom. The molecule has 9 nitrogen and oxygen atoms in total. The molecule has 0 spiro atoms. The number of hydrogen-bond donors (Lipinski definition) is 1. The molecule has 57 heavy (non-hydrogen) atoms. The van der Waals surface area contributed by atoms with Gasteiger partial charge in [-0.05, 0) is 65.0 Å². The zero-order valence-electron chi connectivity index (χ0n) is 36.9. The van der Waals surface area contributed by atoms with Crippen LogP contribution in [0.3, 0.4) is 0 Å². The van der Waals surface area contributed by atoms with E-state index in [0.29, 0.717) is 38.0 Å². The Kier molecular flexibility index (Phi) is 19.9. The molecular weight excluding hydrogens is 707 g/mol. The number of amides is 2. The van der Waals surface area contributed by atoms with E-state index in [2.05, 4.69) is 145 Å². The maximum absolute atomic E-state index is 13.2. The van der Waals surface area contributed by atoms with Gasteiger partial charge in [0.05, 0.1) is 6.04 Å². The van der Waals surface area contributed by atoms with Crippen molar-refractivity contribution in [3.8, 4) is 0 Å². The van der Waals surface area contributed by atoms with E-state index in [9.17, 15) is 14.3 Å². The van der Waals surface area contributed by atoms with Crippen molar-refractivity contribution in [2.45, 2.75) is 132 Å². The van der Waals surface area contributed by atoms with Crippen molar-refractivity contribution in [2.24, 2.45) is 22.6 Å². The third kappa shape index (κ3) is 16.0. The fraction of sp³-hybridized carbons (Fsp3) is 0.596. The van der Waals surface area contributed by atoms with Gasteiger partial charge in [-0.15, -0.1) is 0 Å². The van der Waals surface area contributed by atoms with Crippen LogP contribution in [0.4, 0.5) is 11.4 Å². The minimum atomic E-state index is -0.473. The molecule has 2 unspecified atom stereocenters. The van der Waals surface area contributed by atoms with Gasteiger partial charge < -0.3 is 15.5 Å². The van der Waals surface area contributed by atoms with E-state index >= 15 is 0 Å². The number of carbonyl (C=O) groups excluding carboxylic acids is 2. The third-order valence-corrected chi connectivity index (χ3v) is 10.8. The van der Waals surface area contributed by atoms with Crippen LogP contribution in [0.2, 0.25) is 0 Å². The van der Waals surface area contributed by atoms with Crippen molar-refractivity contribution < 1.29 is 14.3 Å². The molecule has 4 atom stereocenters. The molecule has 2 fully saturated rings. The monoisotopic (exact) mass is 781 g/mol. The summed E-state index contributed by atoms with van der Waals surface area (Å²) in [6, 6.07) is 17.1. The van der Waals surface area contributed by atoms with E-state index in [4.69, 9.17) is 5.73 Å². The number of benzene rings is 2. The molecule has 0 radical (unpaired) electrons. The maximum atomic E-state index is 13.2. The number of anilines is 2. The topological polar surface area (TPSA) is 103 Å². The van der Waals surface area contributed by atoms with Crippen molar-refractivity contribution >= 4 is 36.5 Å². The summed E-state index contributed by atoms with van der Waals surface area (Å²) in [4.78, 5) is 39.1. The molecule has 2 aromatic carbocycles.